The van der Waals surface area contributed by atoms with Crippen LogP contribution in [-0.2, 0) is 13.0 Å². The number of thiazole rings is 1. The molecule has 5 nitrogen and oxygen atoms in total. The van der Waals surface area contributed by atoms with Crippen molar-refractivity contribution >= 4 is 17.2 Å². The van der Waals surface area contributed by atoms with Gasteiger partial charge in [-0.1, -0.05) is 45.0 Å². The third-order valence-corrected chi connectivity index (χ3v) is 4.23. The molecule has 0 saturated carbocycles. The number of nitrogens with zero attached hydrogens (tertiary/aromatic N) is 1. The number of aryl methyl sites for hydroxylation is 2. The van der Waals surface area contributed by atoms with Gasteiger partial charge >= 0.3 is 0 Å². The first-order valence-corrected chi connectivity index (χ1v) is 9.63. The molecule has 1 aromatic carbocycles. The fourth-order valence-corrected chi connectivity index (χ4v) is 2.78. The van der Waals surface area contributed by atoms with Crippen LogP contribution in [0.1, 0.15) is 47.4 Å². The lowest BCUT2D eigenvalue weighted by molar-refractivity contribution is 0.0911. The summed E-state index contributed by atoms with van der Waals surface area (Å²) >= 11 is 1.43. The van der Waals surface area contributed by atoms with Gasteiger partial charge in [0.15, 0.2) is 0 Å². The van der Waals surface area contributed by atoms with E-state index in [-0.39, 0.29) is 12.5 Å². The average Bonchev–Trinajstić information content (AvgIpc) is 3.08. The molecular weight excluding hydrogens is 334 g/mol. The highest BCUT2D eigenvalue weighted by molar-refractivity contribution is 7.09. The average molecular weight is 364 g/mol. The Kier molecular flexibility index (Phi) is 9.99. The second-order valence-electron chi connectivity index (χ2n) is 5.42. The lowest BCUT2D eigenvalue weighted by Gasteiger charge is -2.13. The van der Waals surface area contributed by atoms with E-state index in [2.05, 4.69) is 40.7 Å². The number of amides is 1. The summed E-state index contributed by atoms with van der Waals surface area (Å²) in [5, 5.41) is 18.4. The molecule has 6 heteroatoms. The second kappa shape index (κ2) is 11.7. The van der Waals surface area contributed by atoms with Crippen molar-refractivity contribution in [3.05, 3.63) is 51.5 Å². The van der Waals surface area contributed by atoms with E-state index in [1.54, 1.807) is 5.38 Å². The van der Waals surface area contributed by atoms with Crippen molar-refractivity contribution in [2.75, 3.05) is 13.1 Å². The van der Waals surface area contributed by atoms with Gasteiger partial charge < -0.3 is 15.7 Å². The Morgan fingerprint density at radius 1 is 1.28 bits per heavy atom. The van der Waals surface area contributed by atoms with E-state index < -0.39 is 6.10 Å². The molecule has 1 aromatic heterocycles. The Hall–Kier alpha value is -1.76. The van der Waals surface area contributed by atoms with Gasteiger partial charge in [-0.2, -0.15) is 0 Å². The topological polar surface area (TPSA) is 74.2 Å². The highest BCUT2D eigenvalue weighted by Gasteiger charge is 2.11. The Balaban J connectivity index is 0.00000151. The van der Waals surface area contributed by atoms with Crippen LogP contribution < -0.4 is 10.6 Å². The van der Waals surface area contributed by atoms with Crippen molar-refractivity contribution in [2.24, 2.45) is 0 Å². The molecule has 0 fully saturated rings. The summed E-state index contributed by atoms with van der Waals surface area (Å²) < 4.78 is 0. The number of carbonyl (C=O) groups excluding carboxylic acids is 1. The first kappa shape index (κ1) is 21.3. The van der Waals surface area contributed by atoms with Crippen molar-refractivity contribution in [3.8, 4) is 0 Å². The minimum atomic E-state index is -0.631. The molecule has 1 heterocycles. The minimum Gasteiger partial charge on any atom is -0.390 e. The summed E-state index contributed by atoms with van der Waals surface area (Å²) in [7, 11) is 0. The lowest BCUT2D eigenvalue weighted by Crippen LogP contribution is -2.38. The van der Waals surface area contributed by atoms with Gasteiger partial charge in [0.25, 0.3) is 5.91 Å². The number of aromatic nitrogens is 1. The maximum atomic E-state index is 11.8. The second-order valence-corrected chi connectivity index (χ2v) is 6.48. The summed E-state index contributed by atoms with van der Waals surface area (Å²) in [6.07, 6.45) is 0.381. The van der Waals surface area contributed by atoms with E-state index in [9.17, 15) is 9.90 Å². The Labute approximate surface area is 154 Å². The first-order chi connectivity index (χ1) is 12.1. The molecule has 0 aliphatic carbocycles. The summed E-state index contributed by atoms with van der Waals surface area (Å²) in [6.45, 7) is 9.31. The molecule has 1 unspecified atom stereocenters. The normalized spacial score (nSPS) is 11.4. The van der Waals surface area contributed by atoms with E-state index in [0.717, 1.165) is 11.4 Å². The molecule has 0 spiro atoms. The lowest BCUT2D eigenvalue weighted by atomic mass is 10.1. The Morgan fingerprint density at radius 2 is 2.00 bits per heavy atom. The van der Waals surface area contributed by atoms with Crippen molar-refractivity contribution in [3.63, 3.8) is 0 Å². The predicted molar refractivity (Wildman–Crippen MR) is 104 cm³/mol. The van der Waals surface area contributed by atoms with Crippen LogP contribution in [0.25, 0.3) is 0 Å². The maximum absolute atomic E-state index is 11.8. The number of benzene rings is 1. The SMILES string of the molecule is CC.CCc1cccc(CNCC(O)CNC(=O)c2csc(C)n2)c1. The van der Waals surface area contributed by atoms with Gasteiger partial charge in [0.05, 0.1) is 11.1 Å². The summed E-state index contributed by atoms with van der Waals surface area (Å²) in [5.41, 5.74) is 2.90. The number of rotatable bonds is 8. The quantitative estimate of drug-likeness (QED) is 0.674. The molecular formula is C19H29N3O2S. The number of aliphatic hydroxyl groups is 1. The summed E-state index contributed by atoms with van der Waals surface area (Å²) in [4.78, 5) is 15.9. The van der Waals surface area contributed by atoms with Crippen LogP contribution in [0.15, 0.2) is 29.6 Å². The van der Waals surface area contributed by atoms with E-state index in [1.807, 2.05) is 26.8 Å². The van der Waals surface area contributed by atoms with Gasteiger partial charge in [-0.05, 0) is 24.5 Å². The number of aliphatic hydroxyl groups excluding tert-OH is 1. The summed E-state index contributed by atoms with van der Waals surface area (Å²) in [6, 6.07) is 8.37. The van der Waals surface area contributed by atoms with Crippen molar-refractivity contribution < 1.29 is 9.90 Å². The van der Waals surface area contributed by atoms with Crippen LogP contribution in [0.2, 0.25) is 0 Å². The molecule has 0 aliphatic rings. The Morgan fingerprint density at radius 3 is 2.64 bits per heavy atom. The van der Waals surface area contributed by atoms with Crippen molar-refractivity contribution in [1.29, 1.82) is 0 Å². The van der Waals surface area contributed by atoms with Crippen LogP contribution in [0.5, 0.6) is 0 Å². The van der Waals surface area contributed by atoms with Crippen LogP contribution in [0.3, 0.4) is 0 Å². The zero-order chi connectivity index (χ0) is 18.7. The summed E-state index contributed by atoms with van der Waals surface area (Å²) in [5.74, 6) is -0.246. The molecule has 2 aromatic rings. The van der Waals surface area contributed by atoms with Gasteiger partial charge in [0.2, 0.25) is 0 Å². The Bertz CT molecular complexity index is 643. The molecule has 3 N–H and O–H groups in total. The molecule has 25 heavy (non-hydrogen) atoms. The molecule has 0 saturated heterocycles. The monoisotopic (exact) mass is 363 g/mol. The molecule has 1 amide bonds. The van der Waals surface area contributed by atoms with Crippen LogP contribution in [0, 0.1) is 6.92 Å². The zero-order valence-corrected chi connectivity index (χ0v) is 16.3. The van der Waals surface area contributed by atoms with Gasteiger partial charge in [-0.25, -0.2) is 4.98 Å². The van der Waals surface area contributed by atoms with Gasteiger partial charge in [0, 0.05) is 25.0 Å². The molecule has 138 valence electrons. The number of carbonyl (C=O) groups is 1. The van der Waals surface area contributed by atoms with Gasteiger partial charge in [-0.3, -0.25) is 4.79 Å². The maximum Gasteiger partial charge on any atom is 0.270 e. The molecule has 1 atom stereocenters. The third-order valence-electron chi connectivity index (χ3n) is 3.46. The largest absolute Gasteiger partial charge is 0.390 e. The number of hydrogen-bond donors (Lipinski definition) is 3. The third kappa shape index (κ3) is 7.77. The van der Waals surface area contributed by atoms with Crippen LogP contribution in [-0.4, -0.2) is 35.2 Å². The molecule has 0 aliphatic heterocycles. The van der Waals surface area contributed by atoms with Crippen molar-refractivity contribution in [1.82, 2.24) is 15.6 Å². The number of hydrogen-bond acceptors (Lipinski definition) is 5. The zero-order valence-electron chi connectivity index (χ0n) is 15.5. The van der Waals surface area contributed by atoms with Gasteiger partial charge in [-0.15, -0.1) is 11.3 Å². The van der Waals surface area contributed by atoms with E-state index in [4.69, 9.17) is 0 Å². The minimum absolute atomic E-state index is 0.206. The highest BCUT2D eigenvalue weighted by atomic mass is 32.1. The molecule has 0 bridgehead atoms. The number of nitrogens with one attached hydrogen (secondary N) is 2. The molecule has 0 radical (unpaired) electrons. The molecule has 2 rings (SSSR count). The fourth-order valence-electron chi connectivity index (χ4n) is 2.18. The first-order valence-electron chi connectivity index (χ1n) is 8.75. The van der Waals surface area contributed by atoms with Crippen LogP contribution >= 0.6 is 11.3 Å². The fraction of sp³-hybridized carbons (Fsp3) is 0.474. The van der Waals surface area contributed by atoms with E-state index in [0.29, 0.717) is 18.8 Å². The van der Waals surface area contributed by atoms with E-state index in [1.165, 1.54) is 22.5 Å². The predicted octanol–water partition coefficient (Wildman–Crippen LogP) is 2.92. The highest BCUT2D eigenvalue weighted by Crippen LogP contribution is 2.07. The smallest absolute Gasteiger partial charge is 0.270 e. The van der Waals surface area contributed by atoms with Crippen molar-refractivity contribution in [2.45, 2.75) is 46.8 Å². The van der Waals surface area contributed by atoms with Gasteiger partial charge in [0.1, 0.15) is 5.69 Å². The van der Waals surface area contributed by atoms with Crippen LogP contribution in [0.4, 0.5) is 0 Å². The van der Waals surface area contributed by atoms with E-state index >= 15 is 0 Å². The standard InChI is InChI=1S/C17H23N3O2S.C2H6/c1-3-13-5-4-6-14(7-13)8-18-9-15(21)10-19-17(22)16-11-23-12(2)20-16;1-2/h4-7,11,15,18,21H,3,8-10H2,1-2H3,(H,19,22);1-2H3.